The van der Waals surface area contributed by atoms with Crippen LogP contribution in [0, 0.1) is 0 Å². The monoisotopic (exact) mass is 279 g/mol. The number of hydrogen-bond acceptors (Lipinski definition) is 4. The number of benzene rings is 1. The van der Waals surface area contributed by atoms with Gasteiger partial charge in [-0.15, -0.1) is 0 Å². The molecule has 0 saturated heterocycles. The zero-order valence-corrected chi connectivity index (χ0v) is 13.4. The second-order valence-electron chi connectivity index (χ2n) is 5.49. The molecule has 0 amide bonds. The fourth-order valence-electron chi connectivity index (χ4n) is 2.24. The van der Waals surface area contributed by atoms with Crippen molar-refractivity contribution in [3.05, 3.63) is 18.2 Å². The predicted octanol–water partition coefficient (Wildman–Crippen LogP) is 3.20. The molecule has 0 fully saturated rings. The minimum atomic E-state index is 0.151. The second kappa shape index (κ2) is 8.00. The van der Waals surface area contributed by atoms with Gasteiger partial charge in [-0.3, -0.25) is 0 Å². The van der Waals surface area contributed by atoms with Crippen molar-refractivity contribution in [3.8, 4) is 5.75 Å². The summed E-state index contributed by atoms with van der Waals surface area (Å²) in [6, 6.07) is 6.19. The summed E-state index contributed by atoms with van der Waals surface area (Å²) in [5.41, 5.74) is 7.67. The van der Waals surface area contributed by atoms with Crippen molar-refractivity contribution in [2.45, 2.75) is 46.8 Å². The van der Waals surface area contributed by atoms with E-state index in [0.29, 0.717) is 6.04 Å². The minimum absolute atomic E-state index is 0.151. The van der Waals surface area contributed by atoms with Gasteiger partial charge in [0.2, 0.25) is 0 Å². The van der Waals surface area contributed by atoms with Gasteiger partial charge in [-0.2, -0.15) is 0 Å². The molecule has 20 heavy (non-hydrogen) atoms. The molecule has 114 valence electrons. The Balaban J connectivity index is 2.68. The van der Waals surface area contributed by atoms with E-state index in [2.05, 4.69) is 31.0 Å². The molecule has 4 nitrogen and oxygen atoms in total. The van der Waals surface area contributed by atoms with Crippen LogP contribution in [0.3, 0.4) is 0 Å². The van der Waals surface area contributed by atoms with Crippen molar-refractivity contribution in [1.29, 1.82) is 0 Å². The van der Waals surface area contributed by atoms with E-state index in [1.807, 2.05) is 32.0 Å². The highest BCUT2D eigenvalue weighted by Gasteiger charge is 2.08. The molecule has 0 radical (unpaired) electrons. The number of nitrogens with zero attached hydrogens (tertiary/aromatic N) is 1. The van der Waals surface area contributed by atoms with E-state index in [1.54, 1.807) is 0 Å². The van der Waals surface area contributed by atoms with Crippen molar-refractivity contribution < 1.29 is 4.74 Å². The number of hydrogen-bond donors (Lipinski definition) is 2. The average Bonchev–Trinajstić information content (AvgIpc) is 2.34. The summed E-state index contributed by atoms with van der Waals surface area (Å²) in [5.74, 6) is 0.817. The largest absolute Gasteiger partial charge is 0.491 e. The Kier molecular flexibility index (Phi) is 6.65. The average molecular weight is 279 g/mol. The molecular weight excluding hydrogens is 250 g/mol. The first kappa shape index (κ1) is 16.6. The van der Waals surface area contributed by atoms with E-state index >= 15 is 0 Å². The van der Waals surface area contributed by atoms with Crippen LogP contribution in [0.25, 0.3) is 0 Å². The molecule has 0 aromatic heterocycles. The standard InChI is InChI=1S/C16H29N3O/c1-6-19(7-2)11-13(5)18-15-8-14(17)9-16(10-15)20-12(3)4/h8-10,12-13,18H,6-7,11,17H2,1-5H3. The maximum atomic E-state index is 5.93. The fourth-order valence-corrected chi connectivity index (χ4v) is 2.24. The number of likely N-dealkylation sites (N-methyl/N-ethyl adjacent to an activating group) is 1. The van der Waals surface area contributed by atoms with Crippen molar-refractivity contribution in [2.75, 3.05) is 30.7 Å². The lowest BCUT2D eigenvalue weighted by Crippen LogP contribution is -2.34. The summed E-state index contributed by atoms with van der Waals surface area (Å²) < 4.78 is 5.71. The molecule has 0 bridgehead atoms. The highest BCUT2D eigenvalue weighted by atomic mass is 16.5. The first-order chi connectivity index (χ1) is 9.44. The van der Waals surface area contributed by atoms with Crippen LogP contribution in [0.2, 0.25) is 0 Å². The Morgan fingerprint density at radius 3 is 2.35 bits per heavy atom. The van der Waals surface area contributed by atoms with E-state index in [4.69, 9.17) is 10.5 Å². The summed E-state index contributed by atoms with van der Waals surface area (Å²) in [4.78, 5) is 2.40. The Bertz CT molecular complexity index is 403. The van der Waals surface area contributed by atoms with Crippen molar-refractivity contribution >= 4 is 11.4 Å². The van der Waals surface area contributed by atoms with Gasteiger partial charge in [-0.25, -0.2) is 0 Å². The molecule has 3 N–H and O–H groups in total. The second-order valence-corrected chi connectivity index (χ2v) is 5.49. The molecule has 1 aromatic rings. The summed E-state index contributed by atoms with van der Waals surface area (Å²) in [6.07, 6.45) is 0.151. The smallest absolute Gasteiger partial charge is 0.123 e. The number of nitrogens with two attached hydrogens (primary N) is 1. The lowest BCUT2D eigenvalue weighted by molar-refractivity contribution is 0.242. The minimum Gasteiger partial charge on any atom is -0.491 e. The van der Waals surface area contributed by atoms with Gasteiger partial charge < -0.3 is 20.7 Å². The zero-order valence-electron chi connectivity index (χ0n) is 13.4. The predicted molar refractivity (Wildman–Crippen MR) is 87.5 cm³/mol. The normalized spacial score (nSPS) is 12.8. The van der Waals surface area contributed by atoms with Gasteiger partial charge in [0.25, 0.3) is 0 Å². The summed E-state index contributed by atoms with van der Waals surface area (Å²) in [6.45, 7) is 13.7. The van der Waals surface area contributed by atoms with Crippen LogP contribution in [-0.4, -0.2) is 36.7 Å². The molecule has 4 heteroatoms. The molecule has 0 aliphatic rings. The number of nitrogens with one attached hydrogen (secondary N) is 1. The Morgan fingerprint density at radius 2 is 1.80 bits per heavy atom. The van der Waals surface area contributed by atoms with Crippen LogP contribution in [0.5, 0.6) is 5.75 Å². The van der Waals surface area contributed by atoms with Crippen LogP contribution in [-0.2, 0) is 0 Å². The molecule has 0 spiro atoms. The van der Waals surface area contributed by atoms with E-state index < -0.39 is 0 Å². The van der Waals surface area contributed by atoms with Gasteiger partial charge >= 0.3 is 0 Å². The zero-order chi connectivity index (χ0) is 15.1. The lowest BCUT2D eigenvalue weighted by atomic mass is 10.2. The van der Waals surface area contributed by atoms with Gasteiger partial charge in [-0.1, -0.05) is 13.8 Å². The first-order valence-electron chi connectivity index (χ1n) is 7.50. The Labute approximate surface area is 123 Å². The maximum absolute atomic E-state index is 5.93. The molecule has 1 rings (SSSR count). The SMILES string of the molecule is CCN(CC)CC(C)Nc1cc(N)cc(OC(C)C)c1. The Morgan fingerprint density at radius 1 is 1.15 bits per heavy atom. The topological polar surface area (TPSA) is 50.5 Å². The van der Waals surface area contributed by atoms with Crippen molar-refractivity contribution in [3.63, 3.8) is 0 Å². The third-order valence-corrected chi connectivity index (χ3v) is 3.14. The van der Waals surface area contributed by atoms with Gasteiger partial charge in [0.1, 0.15) is 5.75 Å². The van der Waals surface area contributed by atoms with Gasteiger partial charge in [0.05, 0.1) is 6.10 Å². The number of nitrogen functional groups attached to an aromatic ring is 1. The number of ether oxygens (including phenoxy) is 1. The van der Waals surface area contributed by atoms with Gasteiger partial charge in [-0.05, 0) is 39.9 Å². The number of anilines is 2. The van der Waals surface area contributed by atoms with Crippen LogP contribution < -0.4 is 15.8 Å². The molecule has 1 unspecified atom stereocenters. The van der Waals surface area contributed by atoms with Crippen LogP contribution in [0.1, 0.15) is 34.6 Å². The quantitative estimate of drug-likeness (QED) is 0.718. The highest BCUT2D eigenvalue weighted by Crippen LogP contribution is 2.24. The van der Waals surface area contributed by atoms with Crippen molar-refractivity contribution in [2.24, 2.45) is 0 Å². The van der Waals surface area contributed by atoms with Gasteiger partial charge in [0, 0.05) is 36.1 Å². The molecule has 1 atom stereocenters. The summed E-state index contributed by atoms with van der Waals surface area (Å²) in [5, 5.41) is 3.49. The van der Waals surface area contributed by atoms with E-state index in [-0.39, 0.29) is 6.10 Å². The third kappa shape index (κ3) is 5.70. The summed E-state index contributed by atoms with van der Waals surface area (Å²) in [7, 11) is 0. The molecule has 0 aliphatic heterocycles. The fraction of sp³-hybridized carbons (Fsp3) is 0.625. The Hall–Kier alpha value is -1.42. The van der Waals surface area contributed by atoms with E-state index in [0.717, 1.165) is 36.8 Å². The van der Waals surface area contributed by atoms with E-state index in [1.165, 1.54) is 0 Å². The van der Waals surface area contributed by atoms with Gasteiger partial charge in [0.15, 0.2) is 0 Å². The molecule has 1 aromatic carbocycles. The first-order valence-corrected chi connectivity index (χ1v) is 7.50. The van der Waals surface area contributed by atoms with E-state index in [9.17, 15) is 0 Å². The summed E-state index contributed by atoms with van der Waals surface area (Å²) >= 11 is 0. The highest BCUT2D eigenvalue weighted by molar-refractivity contribution is 5.59. The van der Waals surface area contributed by atoms with Crippen LogP contribution >= 0.6 is 0 Å². The van der Waals surface area contributed by atoms with Crippen LogP contribution in [0.4, 0.5) is 11.4 Å². The lowest BCUT2D eigenvalue weighted by Gasteiger charge is -2.24. The van der Waals surface area contributed by atoms with Crippen molar-refractivity contribution in [1.82, 2.24) is 4.90 Å². The maximum Gasteiger partial charge on any atom is 0.123 e. The molecule has 0 aliphatic carbocycles. The molecule has 0 saturated carbocycles. The van der Waals surface area contributed by atoms with Crippen LogP contribution in [0.15, 0.2) is 18.2 Å². The third-order valence-electron chi connectivity index (χ3n) is 3.14. The number of rotatable bonds is 8. The molecule has 0 heterocycles. The molecular formula is C16H29N3O.